The van der Waals surface area contributed by atoms with Crippen LogP contribution in [0.2, 0.25) is 0 Å². The molecule has 0 radical (unpaired) electrons. The van der Waals surface area contributed by atoms with Gasteiger partial charge < -0.3 is 15.1 Å². The van der Waals surface area contributed by atoms with Gasteiger partial charge in [-0.15, -0.1) is 11.3 Å². The number of anilines is 2. The van der Waals surface area contributed by atoms with Crippen LogP contribution in [0.25, 0.3) is 0 Å². The maximum Gasteiger partial charge on any atom is 0.264 e. The van der Waals surface area contributed by atoms with Crippen molar-refractivity contribution in [2.75, 3.05) is 24.3 Å². The van der Waals surface area contributed by atoms with Gasteiger partial charge in [0.25, 0.3) is 11.8 Å². The molecule has 0 spiro atoms. The van der Waals surface area contributed by atoms with Crippen LogP contribution in [0.4, 0.5) is 15.8 Å². The average Bonchev–Trinajstić information content (AvgIpc) is 3.31. The molecule has 168 valence electrons. The van der Waals surface area contributed by atoms with Crippen LogP contribution in [0, 0.1) is 5.82 Å². The van der Waals surface area contributed by atoms with Crippen LogP contribution < -0.4 is 10.2 Å². The Labute approximate surface area is 192 Å². The van der Waals surface area contributed by atoms with Gasteiger partial charge in [0.05, 0.1) is 4.88 Å². The van der Waals surface area contributed by atoms with E-state index in [1.54, 1.807) is 6.07 Å². The van der Waals surface area contributed by atoms with Crippen molar-refractivity contribution in [1.29, 1.82) is 0 Å². The van der Waals surface area contributed by atoms with Gasteiger partial charge in [0.2, 0.25) is 0 Å². The number of benzene rings is 2. The van der Waals surface area contributed by atoms with Crippen molar-refractivity contribution in [2.24, 2.45) is 0 Å². The SMILES string of the molecule is CCC(C)N(Cc1cc(NC(=O)c2cccc(F)c2)ccc1N(C)C)C(=O)c1cccs1. The summed E-state index contributed by atoms with van der Waals surface area (Å²) in [6.07, 6.45) is 0.824. The largest absolute Gasteiger partial charge is 0.377 e. The number of nitrogens with zero attached hydrogens (tertiary/aromatic N) is 2. The number of nitrogens with one attached hydrogen (secondary N) is 1. The zero-order valence-electron chi connectivity index (χ0n) is 18.8. The smallest absolute Gasteiger partial charge is 0.264 e. The van der Waals surface area contributed by atoms with Crippen molar-refractivity contribution < 1.29 is 14.0 Å². The maximum atomic E-state index is 13.5. The molecule has 0 bridgehead atoms. The quantitative estimate of drug-likeness (QED) is 0.480. The predicted octanol–water partition coefficient (Wildman–Crippen LogP) is 5.65. The number of rotatable bonds is 8. The molecule has 1 aromatic heterocycles. The molecule has 1 unspecified atom stereocenters. The van der Waals surface area contributed by atoms with E-state index in [2.05, 4.69) is 12.2 Å². The number of halogens is 1. The number of thiophene rings is 1. The Hall–Kier alpha value is -3.19. The Morgan fingerprint density at radius 2 is 1.88 bits per heavy atom. The van der Waals surface area contributed by atoms with Gasteiger partial charge in [0.15, 0.2) is 0 Å². The van der Waals surface area contributed by atoms with Crippen molar-refractivity contribution in [3.05, 3.63) is 81.8 Å². The van der Waals surface area contributed by atoms with Gasteiger partial charge in [-0.25, -0.2) is 4.39 Å². The van der Waals surface area contributed by atoms with E-state index in [1.807, 2.05) is 66.5 Å². The molecule has 0 saturated carbocycles. The number of carbonyl (C=O) groups excluding carboxylic acids is 2. The summed E-state index contributed by atoms with van der Waals surface area (Å²) in [5.41, 5.74) is 2.71. The molecule has 2 aromatic carbocycles. The van der Waals surface area contributed by atoms with Crippen LogP contribution in [0.3, 0.4) is 0 Å². The topological polar surface area (TPSA) is 52.7 Å². The van der Waals surface area contributed by atoms with E-state index in [1.165, 1.54) is 29.5 Å². The summed E-state index contributed by atoms with van der Waals surface area (Å²) in [6.45, 7) is 4.50. The Morgan fingerprint density at radius 3 is 2.50 bits per heavy atom. The normalized spacial score (nSPS) is 11.7. The molecule has 3 rings (SSSR count). The standard InChI is InChI=1S/C25H28FN3O2S/c1-5-17(2)29(25(31)23-10-7-13-32-23)16-19-15-21(11-12-22(19)28(3)4)27-24(30)18-8-6-9-20(26)14-18/h6-15,17H,5,16H2,1-4H3,(H,27,30). The average molecular weight is 454 g/mol. The lowest BCUT2D eigenvalue weighted by atomic mass is 10.1. The van der Waals surface area contributed by atoms with E-state index in [4.69, 9.17) is 0 Å². The fourth-order valence-electron chi connectivity index (χ4n) is 3.43. The molecule has 1 atom stereocenters. The van der Waals surface area contributed by atoms with Crippen molar-refractivity contribution in [3.63, 3.8) is 0 Å². The summed E-state index contributed by atoms with van der Waals surface area (Å²) in [6, 6.07) is 14.9. The van der Waals surface area contributed by atoms with Gasteiger partial charge in [0.1, 0.15) is 5.82 Å². The van der Waals surface area contributed by atoms with Crippen molar-refractivity contribution >= 4 is 34.5 Å². The van der Waals surface area contributed by atoms with Crippen molar-refractivity contribution in [3.8, 4) is 0 Å². The third-order valence-corrected chi connectivity index (χ3v) is 6.22. The Bertz CT molecular complexity index is 1080. The lowest BCUT2D eigenvalue weighted by Crippen LogP contribution is -2.37. The number of amides is 2. The van der Waals surface area contributed by atoms with Crippen molar-refractivity contribution in [2.45, 2.75) is 32.9 Å². The Kier molecular flexibility index (Phi) is 7.64. The van der Waals surface area contributed by atoms with E-state index in [-0.39, 0.29) is 23.4 Å². The first-order valence-electron chi connectivity index (χ1n) is 10.5. The first kappa shape index (κ1) is 23.5. The summed E-state index contributed by atoms with van der Waals surface area (Å²) in [7, 11) is 3.89. The van der Waals surface area contributed by atoms with Crippen LogP contribution in [0.15, 0.2) is 60.0 Å². The molecule has 7 heteroatoms. The molecule has 2 amide bonds. The fourth-order valence-corrected chi connectivity index (χ4v) is 4.11. The zero-order valence-corrected chi connectivity index (χ0v) is 19.6. The highest BCUT2D eigenvalue weighted by atomic mass is 32.1. The van der Waals surface area contributed by atoms with E-state index in [0.29, 0.717) is 17.1 Å². The summed E-state index contributed by atoms with van der Waals surface area (Å²) in [5.74, 6) is -0.854. The monoisotopic (exact) mass is 453 g/mol. The molecule has 0 fully saturated rings. The third-order valence-electron chi connectivity index (χ3n) is 5.36. The second-order valence-corrected chi connectivity index (χ2v) is 8.82. The fraction of sp³-hybridized carbons (Fsp3) is 0.280. The van der Waals surface area contributed by atoms with Gasteiger partial charge in [-0.05, 0) is 66.8 Å². The van der Waals surface area contributed by atoms with Gasteiger partial charge in [-0.1, -0.05) is 19.1 Å². The van der Waals surface area contributed by atoms with Gasteiger partial charge >= 0.3 is 0 Å². The van der Waals surface area contributed by atoms with Crippen LogP contribution in [0.5, 0.6) is 0 Å². The Balaban J connectivity index is 1.91. The van der Waals surface area contributed by atoms with Gasteiger partial charge in [-0.3, -0.25) is 9.59 Å². The second-order valence-electron chi connectivity index (χ2n) is 7.87. The highest BCUT2D eigenvalue weighted by Gasteiger charge is 2.23. The summed E-state index contributed by atoms with van der Waals surface area (Å²) in [4.78, 5) is 30.3. The Morgan fingerprint density at radius 1 is 1.09 bits per heavy atom. The summed E-state index contributed by atoms with van der Waals surface area (Å²) in [5, 5.41) is 4.74. The van der Waals surface area contributed by atoms with Gasteiger partial charge in [-0.2, -0.15) is 0 Å². The molecule has 0 aliphatic carbocycles. The third kappa shape index (κ3) is 5.53. The minimum absolute atomic E-state index is 0.00624. The molecule has 0 aliphatic rings. The molecule has 1 heterocycles. The highest BCUT2D eigenvalue weighted by Crippen LogP contribution is 2.27. The molecule has 0 saturated heterocycles. The minimum atomic E-state index is -0.461. The van der Waals surface area contributed by atoms with Crippen LogP contribution in [-0.2, 0) is 6.54 Å². The number of hydrogen-bond donors (Lipinski definition) is 1. The maximum absolute atomic E-state index is 13.5. The molecule has 5 nitrogen and oxygen atoms in total. The summed E-state index contributed by atoms with van der Waals surface area (Å²) < 4.78 is 13.5. The predicted molar refractivity (Wildman–Crippen MR) is 129 cm³/mol. The van der Waals surface area contributed by atoms with Crippen LogP contribution >= 0.6 is 11.3 Å². The van der Waals surface area contributed by atoms with E-state index >= 15 is 0 Å². The molecule has 0 aliphatic heterocycles. The highest BCUT2D eigenvalue weighted by molar-refractivity contribution is 7.12. The van der Waals surface area contributed by atoms with E-state index in [0.717, 1.165) is 17.7 Å². The van der Waals surface area contributed by atoms with E-state index in [9.17, 15) is 14.0 Å². The number of carbonyl (C=O) groups is 2. The van der Waals surface area contributed by atoms with Crippen molar-refractivity contribution in [1.82, 2.24) is 4.90 Å². The minimum Gasteiger partial charge on any atom is -0.377 e. The lowest BCUT2D eigenvalue weighted by molar-refractivity contribution is 0.0676. The zero-order chi connectivity index (χ0) is 23.3. The number of hydrogen-bond acceptors (Lipinski definition) is 4. The van der Waals surface area contributed by atoms with E-state index < -0.39 is 5.82 Å². The first-order valence-corrected chi connectivity index (χ1v) is 11.4. The first-order chi connectivity index (χ1) is 15.3. The molecular formula is C25H28FN3O2S. The van der Waals surface area contributed by atoms with Gasteiger partial charge in [0, 0.05) is 43.6 Å². The molecular weight excluding hydrogens is 425 g/mol. The van der Waals surface area contributed by atoms with Crippen LogP contribution in [-0.4, -0.2) is 36.9 Å². The molecule has 1 N–H and O–H groups in total. The second kappa shape index (κ2) is 10.4. The lowest BCUT2D eigenvalue weighted by Gasteiger charge is -2.30. The summed E-state index contributed by atoms with van der Waals surface area (Å²) >= 11 is 1.43. The molecule has 32 heavy (non-hydrogen) atoms. The molecule has 3 aromatic rings. The van der Waals surface area contributed by atoms with Crippen LogP contribution in [0.1, 0.15) is 45.9 Å².